The molecule has 0 fully saturated rings. The van der Waals surface area contributed by atoms with Crippen molar-refractivity contribution in [2.75, 3.05) is 0 Å². The summed E-state index contributed by atoms with van der Waals surface area (Å²) in [7, 11) is 1.81. The van der Waals surface area contributed by atoms with Crippen molar-refractivity contribution >= 4 is 57.3 Å². The third kappa shape index (κ3) is 1.64. The van der Waals surface area contributed by atoms with E-state index in [-0.39, 0.29) is 10.3 Å². The number of aryl methyl sites for hydroxylation is 1. The van der Waals surface area contributed by atoms with Crippen molar-refractivity contribution in [3.8, 4) is 0 Å². The minimum absolute atomic E-state index is 0.188. The fraction of sp³-hybridized carbons (Fsp3) is 0.125. The largest absolute Gasteiger partial charge is 0.332 e. The second kappa shape index (κ2) is 3.87. The van der Waals surface area contributed by atoms with Crippen LogP contribution in [0.2, 0.25) is 10.3 Å². The van der Waals surface area contributed by atoms with Gasteiger partial charge in [-0.25, -0.2) is 9.97 Å². The van der Waals surface area contributed by atoms with E-state index in [4.69, 9.17) is 23.2 Å². The lowest BCUT2D eigenvalue weighted by Gasteiger charge is -2.01. The average Bonchev–Trinajstić information content (AvgIpc) is 2.56. The van der Waals surface area contributed by atoms with E-state index in [0.29, 0.717) is 16.7 Å². The van der Waals surface area contributed by atoms with Gasteiger partial charge >= 0.3 is 0 Å². The molecular weight excluding hydrogens is 255 g/mol. The first-order chi connectivity index (χ1) is 7.15. The molecule has 0 atom stereocenters. The predicted molar refractivity (Wildman–Crippen MR) is 63.2 cm³/mol. The number of fused-ring (bicyclic) bond motifs is 1. The molecule has 0 aliphatic heterocycles. The molecule has 0 saturated carbocycles. The molecule has 0 saturated heterocycles. The van der Waals surface area contributed by atoms with E-state index in [1.807, 2.05) is 7.05 Å². The van der Waals surface area contributed by atoms with Crippen molar-refractivity contribution in [2.45, 2.75) is 0 Å². The molecule has 0 radical (unpaired) electrons. The molecule has 7 heteroatoms. The minimum atomic E-state index is 0.188. The van der Waals surface area contributed by atoms with Gasteiger partial charge < -0.3 is 4.57 Å². The summed E-state index contributed by atoms with van der Waals surface area (Å²) in [6.45, 7) is 0. The summed E-state index contributed by atoms with van der Waals surface area (Å²) in [5.41, 5.74) is 1.68. The second-order valence-electron chi connectivity index (χ2n) is 2.80. The number of aliphatic imine (C=N–C) groups is 1. The molecule has 76 valence electrons. The fourth-order valence-corrected chi connectivity index (χ4v) is 1.87. The van der Waals surface area contributed by atoms with Crippen LogP contribution < -0.4 is 0 Å². The van der Waals surface area contributed by atoms with Gasteiger partial charge in [-0.3, -0.25) is 0 Å². The molecule has 15 heavy (non-hydrogen) atoms. The van der Waals surface area contributed by atoms with Gasteiger partial charge in [-0.05, 0) is 12.2 Å². The Hall–Kier alpha value is -1.00. The fourth-order valence-electron chi connectivity index (χ4n) is 1.29. The maximum absolute atomic E-state index is 5.90. The Morgan fingerprint density at radius 1 is 1.47 bits per heavy atom. The van der Waals surface area contributed by atoms with Gasteiger partial charge in [-0.1, -0.05) is 23.2 Å². The van der Waals surface area contributed by atoms with Gasteiger partial charge in [0.2, 0.25) is 0 Å². The normalized spacial score (nSPS) is 10.3. The molecule has 0 aliphatic carbocycles. The van der Waals surface area contributed by atoms with Crippen molar-refractivity contribution in [2.24, 2.45) is 12.0 Å². The van der Waals surface area contributed by atoms with Gasteiger partial charge in [-0.15, -0.1) is 0 Å². The number of aromatic nitrogens is 3. The Balaban J connectivity index is 2.99. The lowest BCUT2D eigenvalue weighted by molar-refractivity contribution is 0.947. The molecule has 2 heterocycles. The van der Waals surface area contributed by atoms with Crippen LogP contribution in [-0.4, -0.2) is 19.7 Å². The third-order valence-electron chi connectivity index (χ3n) is 1.91. The van der Waals surface area contributed by atoms with Crippen LogP contribution in [-0.2, 0) is 7.05 Å². The van der Waals surface area contributed by atoms with Crippen LogP contribution in [0, 0.1) is 0 Å². The minimum Gasteiger partial charge on any atom is -0.332 e. The number of rotatable bonds is 1. The third-order valence-corrected chi connectivity index (χ3v) is 2.52. The molecule has 0 spiro atoms. The molecule has 0 unspecified atom stereocenters. The zero-order valence-corrected chi connectivity index (χ0v) is 9.86. The maximum atomic E-state index is 5.90. The van der Waals surface area contributed by atoms with Crippen molar-refractivity contribution in [1.29, 1.82) is 0 Å². The van der Waals surface area contributed by atoms with Crippen molar-refractivity contribution in [3.05, 3.63) is 16.6 Å². The SMILES string of the molecule is Cn1cnc2c(Cl)nc(Cl)c(N=C=S)c21. The smallest absolute Gasteiger partial charge is 0.159 e. The van der Waals surface area contributed by atoms with Crippen LogP contribution in [0.15, 0.2) is 11.3 Å². The van der Waals surface area contributed by atoms with Crippen LogP contribution in [0.4, 0.5) is 5.69 Å². The molecular formula is C8H4Cl2N4S. The molecule has 0 N–H and O–H groups in total. The van der Waals surface area contributed by atoms with Gasteiger partial charge in [0.05, 0.1) is 11.5 Å². The number of hydrogen-bond acceptors (Lipinski definition) is 4. The standard InChI is InChI=1S/C8H4Cl2N4S/c1-14-2-11-4-6(14)5(12-3-15)8(10)13-7(4)9/h2H,1H3. The summed E-state index contributed by atoms with van der Waals surface area (Å²) in [5, 5.41) is 2.69. The van der Waals surface area contributed by atoms with E-state index in [0.717, 1.165) is 0 Å². The molecule has 4 nitrogen and oxygen atoms in total. The quantitative estimate of drug-likeness (QED) is 0.449. The van der Waals surface area contributed by atoms with Crippen molar-refractivity contribution in [3.63, 3.8) is 0 Å². The Morgan fingerprint density at radius 2 is 2.20 bits per heavy atom. The number of halogens is 2. The summed E-state index contributed by atoms with van der Waals surface area (Å²) < 4.78 is 1.75. The summed E-state index contributed by atoms with van der Waals surface area (Å²) in [6.07, 6.45) is 1.61. The van der Waals surface area contributed by atoms with Crippen LogP contribution in [0.25, 0.3) is 11.0 Å². The van der Waals surface area contributed by atoms with E-state index in [1.165, 1.54) is 0 Å². The topological polar surface area (TPSA) is 43.1 Å². The summed E-state index contributed by atoms with van der Waals surface area (Å²) in [6, 6.07) is 0. The van der Waals surface area contributed by atoms with E-state index < -0.39 is 0 Å². The highest BCUT2D eigenvalue weighted by Gasteiger charge is 2.14. The molecule has 0 amide bonds. The predicted octanol–water partition coefficient (Wildman–Crippen LogP) is 3.01. The first-order valence-corrected chi connectivity index (χ1v) is 5.05. The van der Waals surface area contributed by atoms with Crippen LogP contribution >= 0.6 is 35.4 Å². The highest BCUT2D eigenvalue weighted by atomic mass is 35.5. The number of hydrogen-bond donors (Lipinski definition) is 0. The van der Waals surface area contributed by atoms with Crippen LogP contribution in [0.5, 0.6) is 0 Å². The van der Waals surface area contributed by atoms with Crippen molar-refractivity contribution < 1.29 is 0 Å². The van der Waals surface area contributed by atoms with Gasteiger partial charge in [0.15, 0.2) is 10.3 Å². The van der Waals surface area contributed by atoms with E-state index >= 15 is 0 Å². The molecule has 0 aromatic carbocycles. The zero-order valence-electron chi connectivity index (χ0n) is 7.53. The lowest BCUT2D eigenvalue weighted by atomic mass is 10.3. The monoisotopic (exact) mass is 258 g/mol. The van der Waals surface area contributed by atoms with Gasteiger partial charge in [-0.2, -0.15) is 4.99 Å². The highest BCUT2D eigenvalue weighted by Crippen LogP contribution is 2.34. The Labute approximate surface area is 101 Å². The second-order valence-corrected chi connectivity index (χ2v) is 3.70. The first kappa shape index (κ1) is 10.5. The zero-order chi connectivity index (χ0) is 11.0. The maximum Gasteiger partial charge on any atom is 0.159 e. The summed E-state index contributed by atoms with van der Waals surface area (Å²) in [5.74, 6) is 0. The van der Waals surface area contributed by atoms with Gasteiger partial charge in [0.25, 0.3) is 0 Å². The molecule has 2 aromatic heterocycles. The number of imidazole rings is 1. The summed E-state index contributed by atoms with van der Waals surface area (Å²) >= 11 is 16.3. The summed E-state index contributed by atoms with van der Waals surface area (Å²) in [4.78, 5) is 11.9. The molecule has 2 rings (SSSR count). The van der Waals surface area contributed by atoms with Crippen LogP contribution in [0.3, 0.4) is 0 Å². The Kier molecular flexibility index (Phi) is 2.71. The molecule has 2 aromatic rings. The van der Waals surface area contributed by atoms with Crippen LogP contribution in [0.1, 0.15) is 0 Å². The first-order valence-electron chi connectivity index (χ1n) is 3.89. The van der Waals surface area contributed by atoms with Gasteiger partial charge in [0.1, 0.15) is 16.7 Å². The Morgan fingerprint density at radius 3 is 2.87 bits per heavy atom. The van der Waals surface area contributed by atoms with Crippen molar-refractivity contribution in [1.82, 2.24) is 14.5 Å². The lowest BCUT2D eigenvalue weighted by Crippen LogP contribution is -1.88. The average molecular weight is 259 g/mol. The molecule has 0 bridgehead atoms. The number of isothiocyanates is 1. The van der Waals surface area contributed by atoms with E-state index in [1.54, 1.807) is 10.9 Å². The number of nitrogens with zero attached hydrogens (tertiary/aromatic N) is 4. The molecule has 0 aliphatic rings. The highest BCUT2D eigenvalue weighted by molar-refractivity contribution is 7.78. The number of thiocarbonyl (C=S) groups is 1. The van der Waals surface area contributed by atoms with E-state index in [9.17, 15) is 0 Å². The van der Waals surface area contributed by atoms with Gasteiger partial charge in [0, 0.05) is 7.05 Å². The Bertz CT molecular complexity index is 586. The van der Waals surface area contributed by atoms with E-state index in [2.05, 4.69) is 32.3 Å². The number of pyridine rings is 1.